The maximum atomic E-state index is 13.5. The molecule has 0 fully saturated rings. The highest BCUT2D eigenvalue weighted by Gasteiger charge is 2.31. The predicted molar refractivity (Wildman–Crippen MR) is 128 cm³/mol. The van der Waals surface area contributed by atoms with Crippen LogP contribution in [0, 0.1) is 6.92 Å². The Morgan fingerprint density at radius 1 is 0.973 bits per heavy atom. The number of carboxylic acid groups (broad SMARTS) is 1. The van der Waals surface area contributed by atoms with Crippen molar-refractivity contribution in [1.29, 1.82) is 0 Å². The van der Waals surface area contributed by atoms with E-state index >= 15 is 0 Å². The van der Waals surface area contributed by atoms with Gasteiger partial charge in [-0.1, -0.05) is 18.2 Å². The summed E-state index contributed by atoms with van der Waals surface area (Å²) in [6.45, 7) is 1.14. The highest BCUT2D eigenvalue weighted by Crippen LogP contribution is 2.35. The molecular formula is C27H22F3NO6. The van der Waals surface area contributed by atoms with E-state index in [1.165, 1.54) is 23.8 Å². The van der Waals surface area contributed by atoms with Crippen LogP contribution in [0.15, 0.2) is 66.7 Å². The van der Waals surface area contributed by atoms with Crippen LogP contribution >= 0.6 is 0 Å². The average Bonchev–Trinajstić information content (AvgIpc) is 3.12. The van der Waals surface area contributed by atoms with Crippen molar-refractivity contribution in [3.05, 3.63) is 89.1 Å². The number of halogens is 3. The largest absolute Gasteiger partial charge is 0.573 e. The number of benzene rings is 3. The summed E-state index contributed by atoms with van der Waals surface area (Å²) in [5.41, 5.74) is 2.42. The molecule has 0 aliphatic carbocycles. The lowest BCUT2D eigenvalue weighted by Crippen LogP contribution is -2.17. The number of carboxylic acids is 1. The van der Waals surface area contributed by atoms with Gasteiger partial charge < -0.3 is 19.3 Å². The topological polar surface area (TPSA) is 87.0 Å². The number of hydrogen-bond acceptors (Lipinski definition) is 5. The lowest BCUT2D eigenvalue weighted by molar-refractivity contribution is -0.274. The predicted octanol–water partition coefficient (Wildman–Crippen LogP) is 5.60. The number of aliphatic carboxylic acids is 1. The normalized spacial score (nSPS) is 11.4. The summed E-state index contributed by atoms with van der Waals surface area (Å²) in [6.07, 6.45) is -4.72. The molecule has 0 amide bonds. The first kappa shape index (κ1) is 25.6. The lowest BCUT2D eigenvalue weighted by atomic mass is 10.0. The Morgan fingerprint density at radius 3 is 2.30 bits per heavy atom. The summed E-state index contributed by atoms with van der Waals surface area (Å²) in [5.74, 6) is -1.07. The minimum atomic E-state index is -4.89. The maximum Gasteiger partial charge on any atom is 0.573 e. The minimum absolute atomic E-state index is 0.163. The Kier molecular flexibility index (Phi) is 7.10. The van der Waals surface area contributed by atoms with Crippen molar-refractivity contribution in [2.45, 2.75) is 19.7 Å². The van der Waals surface area contributed by atoms with Crippen LogP contribution in [0.25, 0.3) is 10.9 Å². The van der Waals surface area contributed by atoms with E-state index in [1.807, 2.05) is 0 Å². The second kappa shape index (κ2) is 10.3. The number of fused-ring (bicyclic) bond motifs is 1. The van der Waals surface area contributed by atoms with Gasteiger partial charge in [0, 0.05) is 23.1 Å². The van der Waals surface area contributed by atoms with Gasteiger partial charge in [0.25, 0.3) is 5.91 Å². The summed E-state index contributed by atoms with van der Waals surface area (Å²) in [5, 5.41) is 9.37. The third-order valence-electron chi connectivity index (χ3n) is 5.77. The van der Waals surface area contributed by atoms with Crippen LogP contribution in [0.4, 0.5) is 13.2 Å². The zero-order valence-corrected chi connectivity index (χ0v) is 19.8. The summed E-state index contributed by atoms with van der Waals surface area (Å²) >= 11 is 0. The Labute approximate surface area is 209 Å². The smallest absolute Gasteiger partial charge is 0.497 e. The molecule has 1 N–H and O–H groups in total. The van der Waals surface area contributed by atoms with E-state index in [0.717, 1.165) is 6.07 Å². The van der Waals surface area contributed by atoms with Crippen LogP contribution in [0.1, 0.15) is 27.2 Å². The molecule has 0 bridgehead atoms. The molecule has 1 aromatic heterocycles. The Morgan fingerprint density at radius 2 is 1.65 bits per heavy atom. The molecule has 0 atom stereocenters. The fraction of sp³-hybridized carbons (Fsp3) is 0.185. The highest BCUT2D eigenvalue weighted by molar-refractivity contribution is 6.04. The summed E-state index contributed by atoms with van der Waals surface area (Å²) < 4.78 is 54.9. The van der Waals surface area contributed by atoms with Crippen molar-refractivity contribution in [1.82, 2.24) is 4.57 Å². The zero-order valence-electron chi connectivity index (χ0n) is 19.8. The Balaban J connectivity index is 1.84. The van der Waals surface area contributed by atoms with Crippen LogP contribution in [0.2, 0.25) is 0 Å². The molecule has 0 spiro atoms. The zero-order chi connectivity index (χ0) is 26.7. The molecule has 0 saturated heterocycles. The molecule has 7 nitrogen and oxygen atoms in total. The lowest BCUT2D eigenvalue weighted by Gasteiger charge is -2.11. The van der Waals surface area contributed by atoms with Gasteiger partial charge in [-0.3, -0.25) is 9.36 Å². The van der Waals surface area contributed by atoms with Gasteiger partial charge >= 0.3 is 12.3 Å². The quantitative estimate of drug-likeness (QED) is 0.330. The van der Waals surface area contributed by atoms with Gasteiger partial charge in [0.1, 0.15) is 17.2 Å². The van der Waals surface area contributed by atoms with E-state index in [0.29, 0.717) is 44.8 Å². The molecule has 37 heavy (non-hydrogen) atoms. The number of hydrogen-bond donors (Lipinski definition) is 1. The van der Waals surface area contributed by atoms with Crippen LogP contribution in [0.3, 0.4) is 0 Å². The van der Waals surface area contributed by atoms with Crippen molar-refractivity contribution in [3.8, 4) is 17.2 Å². The van der Waals surface area contributed by atoms with Crippen LogP contribution < -0.4 is 14.2 Å². The van der Waals surface area contributed by atoms with Gasteiger partial charge in [0.05, 0.1) is 12.6 Å². The van der Waals surface area contributed by atoms with Crippen molar-refractivity contribution < 1.29 is 42.1 Å². The number of para-hydroxylation sites is 1. The van der Waals surface area contributed by atoms with E-state index in [2.05, 4.69) is 4.74 Å². The van der Waals surface area contributed by atoms with Gasteiger partial charge in [-0.25, -0.2) is 4.79 Å². The molecule has 0 aliphatic rings. The van der Waals surface area contributed by atoms with Gasteiger partial charge in [0.15, 0.2) is 6.61 Å². The molecule has 3 aromatic carbocycles. The van der Waals surface area contributed by atoms with Gasteiger partial charge in [-0.05, 0) is 66.6 Å². The van der Waals surface area contributed by atoms with Crippen molar-refractivity contribution >= 4 is 22.8 Å². The van der Waals surface area contributed by atoms with Gasteiger partial charge in [-0.2, -0.15) is 0 Å². The fourth-order valence-corrected chi connectivity index (χ4v) is 4.13. The number of methoxy groups -OCH3 is 1. The third kappa shape index (κ3) is 5.69. The molecule has 0 unspecified atom stereocenters. The van der Waals surface area contributed by atoms with E-state index in [1.54, 1.807) is 55.5 Å². The van der Waals surface area contributed by atoms with Crippen molar-refractivity contribution in [2.24, 2.45) is 0 Å². The summed E-state index contributed by atoms with van der Waals surface area (Å²) in [6, 6.07) is 17.0. The van der Waals surface area contributed by atoms with E-state index in [9.17, 15) is 22.8 Å². The van der Waals surface area contributed by atoms with Crippen LogP contribution in [-0.4, -0.2) is 41.6 Å². The molecule has 4 rings (SSSR count). The monoisotopic (exact) mass is 513 g/mol. The molecule has 0 saturated carbocycles. The second-order valence-electron chi connectivity index (χ2n) is 8.13. The summed E-state index contributed by atoms with van der Waals surface area (Å²) in [4.78, 5) is 24.5. The van der Waals surface area contributed by atoms with Crippen LogP contribution in [0.5, 0.6) is 17.2 Å². The first-order chi connectivity index (χ1) is 17.6. The molecule has 4 aromatic rings. The molecule has 1 heterocycles. The van der Waals surface area contributed by atoms with Crippen LogP contribution in [-0.2, 0) is 11.2 Å². The number of alkyl halides is 3. The molecule has 10 heteroatoms. The molecular weight excluding hydrogens is 491 g/mol. The number of aromatic nitrogens is 1. The standard InChI is InChI=1S/C27H22F3NO6/c1-16-21(13-18-5-3-4-6-24(18)36-15-25(32)33)22-14-20(37-27(28,29)30)11-12-23(22)31(16)26(34)17-7-9-19(35-2)10-8-17/h3-12,14H,13,15H2,1-2H3,(H,32,33). The minimum Gasteiger partial charge on any atom is -0.497 e. The third-order valence-corrected chi connectivity index (χ3v) is 5.77. The van der Waals surface area contributed by atoms with Gasteiger partial charge in [-0.15, -0.1) is 13.2 Å². The van der Waals surface area contributed by atoms with E-state index < -0.39 is 24.7 Å². The Bertz CT molecular complexity index is 1460. The number of carbonyl (C=O) groups excluding carboxylic acids is 1. The first-order valence-electron chi connectivity index (χ1n) is 11.1. The Hall–Kier alpha value is -4.47. The number of ether oxygens (including phenoxy) is 3. The van der Waals surface area contributed by atoms with E-state index in [-0.39, 0.29) is 12.3 Å². The SMILES string of the molecule is COc1ccc(C(=O)n2c(C)c(Cc3ccccc3OCC(=O)O)c3cc(OC(F)(F)F)ccc32)cc1. The molecule has 192 valence electrons. The molecule has 0 radical (unpaired) electrons. The summed E-state index contributed by atoms with van der Waals surface area (Å²) in [7, 11) is 1.51. The molecule has 0 aliphatic heterocycles. The van der Waals surface area contributed by atoms with Crippen molar-refractivity contribution in [2.75, 3.05) is 13.7 Å². The second-order valence-corrected chi connectivity index (χ2v) is 8.13. The number of nitrogens with zero attached hydrogens (tertiary/aromatic N) is 1. The van der Waals surface area contributed by atoms with Crippen molar-refractivity contribution in [3.63, 3.8) is 0 Å². The highest BCUT2D eigenvalue weighted by atomic mass is 19.4. The number of carbonyl (C=O) groups is 2. The van der Waals surface area contributed by atoms with E-state index in [4.69, 9.17) is 14.6 Å². The fourth-order valence-electron chi connectivity index (χ4n) is 4.13. The van der Waals surface area contributed by atoms with Gasteiger partial charge in [0.2, 0.25) is 0 Å². The maximum absolute atomic E-state index is 13.5. The number of rotatable bonds is 8. The average molecular weight is 513 g/mol. The first-order valence-corrected chi connectivity index (χ1v) is 11.1.